The van der Waals surface area contributed by atoms with Gasteiger partial charge < -0.3 is 25.0 Å². The number of fused-ring (bicyclic) bond motifs is 3. The van der Waals surface area contributed by atoms with Gasteiger partial charge in [0.25, 0.3) is 0 Å². The number of nitrogens with zero attached hydrogens (tertiary/aromatic N) is 3. The molecule has 3 aromatic rings. The number of hydrogen-bond donors (Lipinski definition) is 3. The van der Waals surface area contributed by atoms with E-state index in [1.165, 1.54) is 0 Å². The minimum absolute atomic E-state index is 0.0403. The molecule has 0 fully saturated rings. The van der Waals surface area contributed by atoms with Crippen molar-refractivity contribution in [2.45, 2.75) is 31.8 Å². The van der Waals surface area contributed by atoms with E-state index in [0.29, 0.717) is 11.6 Å². The molecule has 10 heteroatoms. The van der Waals surface area contributed by atoms with Crippen LogP contribution < -0.4 is 10.6 Å². The van der Waals surface area contributed by atoms with Crippen LogP contribution in [0.15, 0.2) is 48.5 Å². The molecule has 2 amide bonds. The topological polar surface area (TPSA) is 135 Å². The van der Waals surface area contributed by atoms with Crippen molar-refractivity contribution in [3.05, 3.63) is 71.3 Å². The number of aromatic nitrogens is 3. The first kappa shape index (κ1) is 23.0. The van der Waals surface area contributed by atoms with E-state index >= 15 is 0 Å². The Morgan fingerprint density at radius 2 is 1.68 bits per heavy atom. The van der Waals surface area contributed by atoms with E-state index < -0.39 is 30.4 Å². The summed E-state index contributed by atoms with van der Waals surface area (Å²) in [6, 6.07) is 14.5. The molecule has 1 heterocycles. The predicted molar refractivity (Wildman–Crippen MR) is 122 cm³/mol. The SMILES string of the molecule is Cc1nnc(CNC(=O)C(CC(=O)O)NC(=O)OCC2c3ccccc3-c3ccccc32)n1C. The van der Waals surface area contributed by atoms with Gasteiger partial charge in [-0.05, 0) is 29.2 Å². The summed E-state index contributed by atoms with van der Waals surface area (Å²) in [6.07, 6.45) is -1.45. The van der Waals surface area contributed by atoms with Crippen molar-refractivity contribution in [1.82, 2.24) is 25.4 Å². The average molecular weight is 463 g/mol. The van der Waals surface area contributed by atoms with Crippen molar-refractivity contribution < 1.29 is 24.2 Å². The van der Waals surface area contributed by atoms with Gasteiger partial charge >= 0.3 is 12.1 Å². The van der Waals surface area contributed by atoms with E-state index in [4.69, 9.17) is 4.74 Å². The normalized spacial score (nSPS) is 13.0. The Balaban J connectivity index is 1.39. The minimum atomic E-state index is -1.30. The molecule has 10 nitrogen and oxygen atoms in total. The lowest BCUT2D eigenvalue weighted by Crippen LogP contribution is -2.48. The number of rotatable bonds is 8. The molecule has 1 aliphatic carbocycles. The van der Waals surface area contributed by atoms with Gasteiger partial charge in [-0.15, -0.1) is 10.2 Å². The lowest BCUT2D eigenvalue weighted by atomic mass is 9.98. The fraction of sp³-hybridized carbons (Fsp3) is 0.292. The summed E-state index contributed by atoms with van der Waals surface area (Å²) >= 11 is 0. The van der Waals surface area contributed by atoms with Gasteiger partial charge in [-0.1, -0.05) is 48.5 Å². The van der Waals surface area contributed by atoms with Crippen LogP contribution in [-0.4, -0.2) is 50.5 Å². The molecule has 0 saturated heterocycles. The van der Waals surface area contributed by atoms with Crippen LogP contribution in [0.25, 0.3) is 11.1 Å². The van der Waals surface area contributed by atoms with Crippen molar-refractivity contribution in [1.29, 1.82) is 0 Å². The number of carbonyl (C=O) groups is 3. The second kappa shape index (κ2) is 9.74. The molecule has 1 aromatic heterocycles. The highest BCUT2D eigenvalue weighted by Crippen LogP contribution is 2.44. The summed E-state index contributed by atoms with van der Waals surface area (Å²) in [7, 11) is 1.75. The van der Waals surface area contributed by atoms with E-state index in [1.807, 2.05) is 48.5 Å². The Bertz CT molecular complexity index is 1190. The maximum Gasteiger partial charge on any atom is 0.407 e. The van der Waals surface area contributed by atoms with E-state index in [0.717, 1.165) is 22.3 Å². The van der Waals surface area contributed by atoms with Crippen LogP contribution in [0.1, 0.15) is 35.1 Å². The smallest absolute Gasteiger partial charge is 0.407 e. The third kappa shape index (κ3) is 4.75. The predicted octanol–water partition coefficient (Wildman–Crippen LogP) is 2.12. The van der Waals surface area contributed by atoms with Crippen molar-refractivity contribution in [3.8, 4) is 11.1 Å². The van der Waals surface area contributed by atoms with Gasteiger partial charge in [0.1, 0.15) is 18.5 Å². The molecule has 1 atom stereocenters. The van der Waals surface area contributed by atoms with E-state index in [-0.39, 0.29) is 19.1 Å². The zero-order valence-corrected chi connectivity index (χ0v) is 18.8. The number of amides is 2. The Morgan fingerprint density at radius 1 is 1.06 bits per heavy atom. The Hall–Kier alpha value is -4.21. The van der Waals surface area contributed by atoms with Crippen molar-refractivity contribution in [2.75, 3.05) is 6.61 Å². The van der Waals surface area contributed by atoms with Gasteiger partial charge in [0.15, 0.2) is 5.82 Å². The molecule has 0 radical (unpaired) electrons. The fourth-order valence-corrected chi connectivity index (χ4v) is 4.06. The third-order valence-electron chi connectivity index (χ3n) is 5.93. The monoisotopic (exact) mass is 463 g/mol. The van der Waals surface area contributed by atoms with Gasteiger partial charge in [0.05, 0.1) is 13.0 Å². The van der Waals surface area contributed by atoms with Gasteiger partial charge in [0.2, 0.25) is 5.91 Å². The molecule has 3 N–H and O–H groups in total. The summed E-state index contributed by atoms with van der Waals surface area (Å²) in [5.41, 5.74) is 4.29. The Morgan fingerprint density at radius 3 is 2.24 bits per heavy atom. The van der Waals surface area contributed by atoms with Crippen LogP contribution in [0.5, 0.6) is 0 Å². The number of benzene rings is 2. The standard InChI is InChI=1S/C24H25N5O5/c1-14-27-28-21(29(14)2)12-25-23(32)20(11-22(30)31)26-24(33)34-13-19-17-9-5-3-7-15(17)16-8-4-6-10-18(16)19/h3-10,19-20H,11-13H2,1-2H3,(H,25,32)(H,26,33)(H,30,31). The largest absolute Gasteiger partial charge is 0.481 e. The van der Waals surface area contributed by atoms with Crippen LogP contribution in [0.4, 0.5) is 4.79 Å². The first-order valence-electron chi connectivity index (χ1n) is 10.8. The highest BCUT2D eigenvalue weighted by atomic mass is 16.5. The fourth-order valence-electron chi connectivity index (χ4n) is 4.06. The lowest BCUT2D eigenvalue weighted by Gasteiger charge is -2.18. The lowest BCUT2D eigenvalue weighted by molar-refractivity contribution is -0.139. The van der Waals surface area contributed by atoms with Crippen LogP contribution in [0, 0.1) is 6.92 Å². The Labute approximate surface area is 196 Å². The molecule has 34 heavy (non-hydrogen) atoms. The number of ether oxygens (including phenoxy) is 1. The summed E-state index contributed by atoms with van der Waals surface area (Å²) in [5, 5.41) is 22.0. The van der Waals surface area contributed by atoms with Gasteiger partial charge in [-0.3, -0.25) is 9.59 Å². The quantitative estimate of drug-likeness (QED) is 0.466. The number of carboxylic acids is 1. The van der Waals surface area contributed by atoms with Crippen molar-refractivity contribution in [2.24, 2.45) is 7.05 Å². The number of aryl methyl sites for hydroxylation is 1. The van der Waals surface area contributed by atoms with Gasteiger partial charge in [-0.2, -0.15) is 0 Å². The molecular formula is C24H25N5O5. The first-order valence-corrected chi connectivity index (χ1v) is 10.8. The second-order valence-corrected chi connectivity index (χ2v) is 8.06. The van der Waals surface area contributed by atoms with E-state index in [2.05, 4.69) is 20.8 Å². The molecule has 0 saturated carbocycles. The van der Waals surface area contributed by atoms with Gasteiger partial charge in [0, 0.05) is 13.0 Å². The van der Waals surface area contributed by atoms with Crippen LogP contribution in [-0.2, 0) is 27.9 Å². The second-order valence-electron chi connectivity index (χ2n) is 8.06. The molecular weight excluding hydrogens is 438 g/mol. The van der Waals surface area contributed by atoms with E-state index in [9.17, 15) is 19.5 Å². The number of aliphatic carboxylic acids is 1. The molecule has 176 valence electrons. The minimum Gasteiger partial charge on any atom is -0.481 e. The molecule has 1 aliphatic rings. The highest BCUT2D eigenvalue weighted by Gasteiger charge is 2.30. The number of carbonyl (C=O) groups excluding carboxylic acids is 2. The molecule has 0 spiro atoms. The molecule has 1 unspecified atom stereocenters. The summed E-state index contributed by atoms with van der Waals surface area (Å²) in [5.74, 6) is -0.863. The number of hydrogen-bond acceptors (Lipinski definition) is 6. The molecule has 0 bridgehead atoms. The number of alkyl carbamates (subject to hydrolysis) is 1. The maximum absolute atomic E-state index is 12.6. The summed E-state index contributed by atoms with van der Waals surface area (Å²) in [4.78, 5) is 36.4. The number of carboxylic acid groups (broad SMARTS) is 1. The van der Waals surface area contributed by atoms with Crippen LogP contribution >= 0.6 is 0 Å². The maximum atomic E-state index is 12.6. The summed E-state index contributed by atoms with van der Waals surface area (Å²) in [6.45, 7) is 1.86. The molecule has 4 rings (SSSR count). The first-order chi connectivity index (χ1) is 16.3. The van der Waals surface area contributed by atoms with E-state index in [1.54, 1.807) is 18.5 Å². The Kier molecular flexibility index (Phi) is 6.58. The average Bonchev–Trinajstić information content (AvgIpc) is 3.32. The third-order valence-corrected chi connectivity index (χ3v) is 5.93. The van der Waals surface area contributed by atoms with Crippen molar-refractivity contribution >= 4 is 18.0 Å². The summed E-state index contributed by atoms with van der Waals surface area (Å²) < 4.78 is 7.14. The van der Waals surface area contributed by atoms with Gasteiger partial charge in [-0.25, -0.2) is 4.79 Å². The van der Waals surface area contributed by atoms with Crippen LogP contribution in [0.3, 0.4) is 0 Å². The molecule has 0 aliphatic heterocycles. The number of nitrogens with one attached hydrogen (secondary N) is 2. The van der Waals surface area contributed by atoms with Crippen molar-refractivity contribution in [3.63, 3.8) is 0 Å². The van der Waals surface area contributed by atoms with Crippen LogP contribution in [0.2, 0.25) is 0 Å². The zero-order chi connectivity index (χ0) is 24.2. The molecule has 2 aromatic carbocycles. The highest BCUT2D eigenvalue weighted by molar-refractivity contribution is 5.89. The zero-order valence-electron chi connectivity index (χ0n) is 18.8.